The standard InChI is InChI=1S/C8H14F4N2OS/c1-16-3-2-5(13)6(15)14-4-8(11,12)7(9)10/h5,7H,2-4,13H2,1H3,(H,14,15)/t5-/m0/s1. The first-order valence-corrected chi connectivity index (χ1v) is 5.89. The summed E-state index contributed by atoms with van der Waals surface area (Å²) in [4.78, 5) is 11.1. The second-order valence-electron chi connectivity index (χ2n) is 3.17. The molecule has 1 atom stereocenters. The summed E-state index contributed by atoms with van der Waals surface area (Å²) in [5.41, 5.74) is 5.35. The number of amides is 1. The van der Waals surface area contributed by atoms with Gasteiger partial charge >= 0.3 is 12.3 Å². The van der Waals surface area contributed by atoms with Crippen LogP contribution in [-0.4, -0.2) is 42.9 Å². The molecule has 1 amide bonds. The Morgan fingerprint density at radius 2 is 2.06 bits per heavy atom. The molecule has 0 rings (SSSR count). The summed E-state index contributed by atoms with van der Waals surface area (Å²) in [5, 5.41) is 1.71. The van der Waals surface area contributed by atoms with Gasteiger partial charge in [-0.05, 0) is 18.4 Å². The lowest BCUT2D eigenvalue weighted by molar-refractivity contribution is -0.137. The Morgan fingerprint density at radius 3 is 2.50 bits per heavy atom. The Hall–Kier alpha value is -0.500. The van der Waals surface area contributed by atoms with Gasteiger partial charge in [-0.25, -0.2) is 8.78 Å². The number of rotatable bonds is 7. The number of thioether (sulfide) groups is 1. The van der Waals surface area contributed by atoms with E-state index in [4.69, 9.17) is 5.73 Å². The van der Waals surface area contributed by atoms with Gasteiger partial charge in [-0.1, -0.05) is 0 Å². The van der Waals surface area contributed by atoms with E-state index in [-0.39, 0.29) is 0 Å². The molecule has 96 valence electrons. The lowest BCUT2D eigenvalue weighted by Crippen LogP contribution is -2.47. The zero-order chi connectivity index (χ0) is 12.8. The third-order valence-electron chi connectivity index (χ3n) is 1.79. The van der Waals surface area contributed by atoms with Crippen molar-refractivity contribution in [3.05, 3.63) is 0 Å². The second-order valence-corrected chi connectivity index (χ2v) is 4.15. The Kier molecular flexibility index (Phi) is 6.73. The molecule has 8 heteroatoms. The molecule has 0 saturated heterocycles. The second kappa shape index (κ2) is 6.95. The molecule has 3 nitrogen and oxygen atoms in total. The van der Waals surface area contributed by atoms with Crippen LogP contribution in [0, 0.1) is 0 Å². The van der Waals surface area contributed by atoms with Gasteiger partial charge in [0, 0.05) is 0 Å². The normalized spacial score (nSPS) is 13.9. The van der Waals surface area contributed by atoms with Gasteiger partial charge in [0.15, 0.2) is 0 Å². The number of hydrogen-bond donors (Lipinski definition) is 2. The summed E-state index contributed by atoms with van der Waals surface area (Å²) in [6.07, 6.45) is -1.68. The van der Waals surface area contributed by atoms with E-state index in [1.54, 1.807) is 11.6 Å². The van der Waals surface area contributed by atoms with Gasteiger partial charge in [-0.2, -0.15) is 20.5 Å². The Bertz CT molecular complexity index is 228. The Balaban J connectivity index is 3.97. The fourth-order valence-electron chi connectivity index (χ4n) is 0.789. The third-order valence-corrected chi connectivity index (χ3v) is 2.43. The van der Waals surface area contributed by atoms with E-state index in [1.165, 1.54) is 11.8 Å². The van der Waals surface area contributed by atoms with E-state index in [9.17, 15) is 22.4 Å². The first kappa shape index (κ1) is 15.5. The van der Waals surface area contributed by atoms with Gasteiger partial charge in [-0.3, -0.25) is 4.79 Å². The van der Waals surface area contributed by atoms with Gasteiger partial charge in [0.1, 0.15) is 0 Å². The fourth-order valence-corrected chi connectivity index (χ4v) is 1.28. The highest BCUT2D eigenvalue weighted by molar-refractivity contribution is 7.98. The summed E-state index contributed by atoms with van der Waals surface area (Å²) >= 11 is 1.45. The predicted octanol–water partition coefficient (Wildman–Crippen LogP) is 1.08. The van der Waals surface area contributed by atoms with Crippen LogP contribution in [0.4, 0.5) is 17.6 Å². The van der Waals surface area contributed by atoms with Crippen LogP contribution in [0.3, 0.4) is 0 Å². The minimum Gasteiger partial charge on any atom is -0.348 e. The molecule has 0 saturated carbocycles. The number of nitrogens with two attached hydrogens (primary N) is 1. The van der Waals surface area contributed by atoms with Crippen molar-refractivity contribution in [2.75, 3.05) is 18.6 Å². The number of hydrogen-bond acceptors (Lipinski definition) is 3. The molecule has 0 heterocycles. The molecule has 0 radical (unpaired) electrons. The summed E-state index contributed by atoms with van der Waals surface area (Å²) in [6.45, 7) is -1.39. The highest BCUT2D eigenvalue weighted by atomic mass is 32.2. The topological polar surface area (TPSA) is 55.1 Å². The molecular weight excluding hydrogens is 248 g/mol. The molecule has 0 unspecified atom stereocenters. The zero-order valence-corrected chi connectivity index (χ0v) is 9.50. The van der Waals surface area contributed by atoms with Gasteiger partial charge in [0.2, 0.25) is 5.91 Å². The summed E-state index contributed by atoms with van der Waals surface area (Å²) < 4.78 is 48.3. The van der Waals surface area contributed by atoms with Gasteiger partial charge < -0.3 is 11.1 Å². The molecule has 0 aliphatic rings. The quantitative estimate of drug-likeness (QED) is 0.675. The summed E-state index contributed by atoms with van der Waals surface area (Å²) in [7, 11) is 0. The molecule has 16 heavy (non-hydrogen) atoms. The van der Waals surface area contributed by atoms with Crippen LogP contribution < -0.4 is 11.1 Å². The predicted molar refractivity (Wildman–Crippen MR) is 54.9 cm³/mol. The molecule has 0 aliphatic carbocycles. The van der Waals surface area contributed by atoms with E-state index in [0.717, 1.165) is 0 Å². The number of nitrogens with one attached hydrogen (secondary N) is 1. The van der Waals surface area contributed by atoms with Crippen molar-refractivity contribution in [1.29, 1.82) is 0 Å². The van der Waals surface area contributed by atoms with Crippen molar-refractivity contribution < 1.29 is 22.4 Å². The SMILES string of the molecule is CSCC[C@H](N)C(=O)NCC(F)(F)C(F)F. The number of halogens is 4. The summed E-state index contributed by atoms with van der Waals surface area (Å²) in [6, 6.07) is -0.944. The van der Waals surface area contributed by atoms with E-state index in [2.05, 4.69) is 0 Å². The Labute approximate surface area is 95.1 Å². The van der Waals surface area contributed by atoms with Crippen molar-refractivity contribution in [3.8, 4) is 0 Å². The monoisotopic (exact) mass is 262 g/mol. The van der Waals surface area contributed by atoms with Crippen LogP contribution in [0.25, 0.3) is 0 Å². The first-order chi connectivity index (χ1) is 7.31. The first-order valence-electron chi connectivity index (χ1n) is 4.49. The van der Waals surface area contributed by atoms with Crippen LogP contribution in [-0.2, 0) is 4.79 Å². The summed E-state index contributed by atoms with van der Waals surface area (Å²) in [5.74, 6) is -4.45. The molecule has 0 spiro atoms. The van der Waals surface area contributed by atoms with E-state index in [1.807, 2.05) is 0 Å². The van der Waals surface area contributed by atoms with Crippen LogP contribution in [0.15, 0.2) is 0 Å². The van der Waals surface area contributed by atoms with Gasteiger partial charge in [-0.15, -0.1) is 0 Å². The number of carbonyl (C=O) groups is 1. The van der Waals surface area contributed by atoms with Crippen molar-refractivity contribution in [2.24, 2.45) is 5.73 Å². The van der Waals surface area contributed by atoms with Crippen LogP contribution in [0.1, 0.15) is 6.42 Å². The van der Waals surface area contributed by atoms with Crippen molar-refractivity contribution in [1.82, 2.24) is 5.32 Å². The maximum Gasteiger partial charge on any atom is 0.324 e. The molecule has 0 aromatic heterocycles. The highest BCUT2D eigenvalue weighted by Crippen LogP contribution is 2.21. The lowest BCUT2D eigenvalue weighted by Gasteiger charge is -2.17. The van der Waals surface area contributed by atoms with Crippen LogP contribution in [0.2, 0.25) is 0 Å². The molecule has 0 bridgehead atoms. The fraction of sp³-hybridized carbons (Fsp3) is 0.875. The Morgan fingerprint density at radius 1 is 1.50 bits per heavy atom. The molecule has 0 aliphatic heterocycles. The van der Waals surface area contributed by atoms with Crippen molar-refractivity contribution in [2.45, 2.75) is 24.8 Å². The van der Waals surface area contributed by atoms with Crippen molar-refractivity contribution in [3.63, 3.8) is 0 Å². The van der Waals surface area contributed by atoms with E-state index >= 15 is 0 Å². The number of carbonyl (C=O) groups excluding carboxylic acids is 1. The number of alkyl halides is 4. The molecule has 0 aromatic carbocycles. The van der Waals surface area contributed by atoms with E-state index in [0.29, 0.717) is 12.2 Å². The molecule has 3 N–H and O–H groups in total. The van der Waals surface area contributed by atoms with Gasteiger partial charge in [0.25, 0.3) is 0 Å². The third kappa shape index (κ3) is 5.55. The average Bonchev–Trinajstić information content (AvgIpc) is 2.22. The highest BCUT2D eigenvalue weighted by Gasteiger charge is 2.41. The largest absolute Gasteiger partial charge is 0.348 e. The smallest absolute Gasteiger partial charge is 0.324 e. The van der Waals surface area contributed by atoms with Gasteiger partial charge in [0.05, 0.1) is 12.6 Å². The van der Waals surface area contributed by atoms with Crippen molar-refractivity contribution >= 4 is 17.7 Å². The molecule has 0 fully saturated rings. The maximum atomic E-state index is 12.4. The van der Waals surface area contributed by atoms with E-state index < -0.39 is 30.8 Å². The lowest BCUT2D eigenvalue weighted by atomic mass is 10.2. The average molecular weight is 262 g/mol. The van der Waals surface area contributed by atoms with Crippen LogP contribution >= 0.6 is 11.8 Å². The minimum absolute atomic E-state index is 0.313. The maximum absolute atomic E-state index is 12.4. The zero-order valence-electron chi connectivity index (χ0n) is 8.68. The molecule has 0 aromatic rings. The van der Waals surface area contributed by atoms with Crippen LogP contribution in [0.5, 0.6) is 0 Å². The molecular formula is C8H14F4N2OS. The minimum atomic E-state index is -4.21.